The van der Waals surface area contributed by atoms with Gasteiger partial charge in [-0.25, -0.2) is 13.2 Å². The Balaban J connectivity index is 1.59. The zero-order valence-electron chi connectivity index (χ0n) is 12.9. The van der Waals surface area contributed by atoms with Crippen molar-refractivity contribution in [3.63, 3.8) is 0 Å². The number of benzene rings is 2. The van der Waals surface area contributed by atoms with Crippen molar-refractivity contribution in [2.45, 2.75) is 12.5 Å². The first-order chi connectivity index (χ1) is 11.5. The second-order valence-electron chi connectivity index (χ2n) is 5.55. The van der Waals surface area contributed by atoms with Gasteiger partial charge in [0.2, 0.25) is 10.0 Å². The van der Waals surface area contributed by atoms with E-state index in [2.05, 4.69) is 10.0 Å². The zero-order chi connectivity index (χ0) is 17.0. The average molecular weight is 346 g/mol. The first kappa shape index (κ1) is 16.3. The second-order valence-corrected chi connectivity index (χ2v) is 7.40. The minimum absolute atomic E-state index is 0.0168. The molecule has 1 aliphatic heterocycles. The van der Waals surface area contributed by atoms with Gasteiger partial charge in [0.1, 0.15) is 6.10 Å². The number of cyclic esters (lactones) is 1. The van der Waals surface area contributed by atoms with Gasteiger partial charge >= 0.3 is 6.09 Å². The minimum Gasteiger partial charge on any atom is -0.439 e. The number of aryl methyl sites for hydroxylation is 1. The number of nitrogens with one attached hydrogen (secondary N) is 2. The third-order valence-corrected chi connectivity index (χ3v) is 5.03. The van der Waals surface area contributed by atoms with Crippen LogP contribution in [-0.4, -0.2) is 26.8 Å². The van der Waals surface area contributed by atoms with E-state index in [9.17, 15) is 13.2 Å². The van der Waals surface area contributed by atoms with Gasteiger partial charge in [-0.15, -0.1) is 0 Å². The molecule has 0 aliphatic carbocycles. The average Bonchev–Trinajstić information content (AvgIpc) is 3.01. The van der Waals surface area contributed by atoms with Crippen molar-refractivity contribution in [1.29, 1.82) is 0 Å². The number of hydrogen-bond acceptors (Lipinski definition) is 4. The molecule has 3 rings (SSSR count). The van der Waals surface area contributed by atoms with Crippen molar-refractivity contribution in [3.05, 3.63) is 65.7 Å². The Bertz CT molecular complexity index is 804. The largest absolute Gasteiger partial charge is 0.439 e. The molecular weight excluding hydrogens is 328 g/mol. The number of amides is 1. The third-order valence-electron chi connectivity index (χ3n) is 3.74. The van der Waals surface area contributed by atoms with Gasteiger partial charge in [-0.1, -0.05) is 42.5 Å². The number of carbonyl (C=O) groups excluding carboxylic acids is 1. The van der Waals surface area contributed by atoms with Crippen LogP contribution in [-0.2, 0) is 21.2 Å². The smallest absolute Gasteiger partial charge is 0.407 e. The van der Waals surface area contributed by atoms with Crippen LogP contribution in [0.25, 0.3) is 0 Å². The van der Waals surface area contributed by atoms with Gasteiger partial charge in [0.25, 0.3) is 0 Å². The number of carbonyl (C=O) groups is 1. The molecule has 1 atom stereocenters. The number of ether oxygens (including phenoxy) is 1. The van der Waals surface area contributed by atoms with Gasteiger partial charge in [0.15, 0.2) is 0 Å². The molecular formula is C17H18N2O4S. The summed E-state index contributed by atoms with van der Waals surface area (Å²) in [6.45, 7) is 0.418. The lowest BCUT2D eigenvalue weighted by molar-refractivity contribution is 0.141. The van der Waals surface area contributed by atoms with Crippen molar-refractivity contribution in [3.8, 4) is 0 Å². The third kappa shape index (κ3) is 4.26. The molecule has 126 valence electrons. The lowest BCUT2D eigenvalue weighted by Crippen LogP contribution is -2.18. The summed E-state index contributed by atoms with van der Waals surface area (Å²) in [5.41, 5.74) is 2.29. The van der Waals surface area contributed by atoms with Crippen molar-refractivity contribution in [1.82, 2.24) is 5.32 Å². The molecule has 0 aromatic heterocycles. The van der Waals surface area contributed by atoms with E-state index in [1.54, 1.807) is 24.3 Å². The quantitative estimate of drug-likeness (QED) is 0.841. The predicted octanol–water partition coefficient (Wildman–Crippen LogP) is 2.45. The summed E-state index contributed by atoms with van der Waals surface area (Å²) in [6.07, 6.45) is -0.315. The molecule has 7 heteroatoms. The van der Waals surface area contributed by atoms with Gasteiger partial charge in [0, 0.05) is 5.69 Å². The van der Waals surface area contributed by atoms with Gasteiger partial charge in [-0.05, 0) is 29.7 Å². The molecule has 0 radical (unpaired) electrons. The number of rotatable bonds is 6. The molecule has 0 bridgehead atoms. The minimum atomic E-state index is -3.42. The van der Waals surface area contributed by atoms with Crippen LogP contribution in [0.2, 0.25) is 0 Å². The standard InChI is InChI=1S/C17H18N2O4S/c20-17-18-12-16(23-17)14-6-8-15(9-7-14)19-24(21,22)11-10-13-4-2-1-3-5-13/h1-9,16,19H,10-12H2,(H,18,20). The van der Waals surface area contributed by atoms with E-state index in [0.717, 1.165) is 11.1 Å². The monoisotopic (exact) mass is 346 g/mol. The Kier molecular flexibility index (Phi) is 4.71. The molecule has 0 spiro atoms. The number of sulfonamides is 1. The normalized spacial score (nSPS) is 17.2. The Morgan fingerprint density at radius 1 is 1.08 bits per heavy atom. The van der Waals surface area contributed by atoms with E-state index in [0.29, 0.717) is 18.7 Å². The fourth-order valence-electron chi connectivity index (χ4n) is 2.47. The van der Waals surface area contributed by atoms with Crippen LogP contribution in [0.5, 0.6) is 0 Å². The first-order valence-corrected chi connectivity index (χ1v) is 9.26. The summed E-state index contributed by atoms with van der Waals surface area (Å²) in [5, 5.41) is 2.58. The summed E-state index contributed by atoms with van der Waals surface area (Å²) in [5.74, 6) is 0.0168. The van der Waals surface area contributed by atoms with Crippen LogP contribution >= 0.6 is 0 Å². The van der Waals surface area contributed by atoms with Gasteiger partial charge < -0.3 is 10.1 Å². The van der Waals surface area contributed by atoms with Crippen molar-refractivity contribution in [2.75, 3.05) is 17.0 Å². The lowest BCUT2D eigenvalue weighted by Gasteiger charge is -2.11. The fraction of sp³-hybridized carbons (Fsp3) is 0.235. The number of hydrogen-bond donors (Lipinski definition) is 2. The molecule has 1 aliphatic rings. The molecule has 2 aromatic carbocycles. The molecule has 1 heterocycles. The first-order valence-electron chi connectivity index (χ1n) is 7.61. The highest BCUT2D eigenvalue weighted by Gasteiger charge is 2.24. The highest BCUT2D eigenvalue weighted by atomic mass is 32.2. The molecule has 0 saturated carbocycles. The predicted molar refractivity (Wildman–Crippen MR) is 91.2 cm³/mol. The maximum atomic E-state index is 12.2. The van der Waals surface area contributed by atoms with E-state index in [-0.39, 0.29) is 11.9 Å². The maximum Gasteiger partial charge on any atom is 0.407 e. The molecule has 1 unspecified atom stereocenters. The van der Waals surface area contributed by atoms with E-state index < -0.39 is 16.1 Å². The van der Waals surface area contributed by atoms with Crippen LogP contribution in [0.3, 0.4) is 0 Å². The van der Waals surface area contributed by atoms with Crippen LogP contribution in [0, 0.1) is 0 Å². The van der Waals surface area contributed by atoms with Gasteiger partial charge in [0.05, 0.1) is 12.3 Å². The van der Waals surface area contributed by atoms with E-state index in [1.165, 1.54) is 0 Å². The van der Waals surface area contributed by atoms with Gasteiger partial charge in [-0.3, -0.25) is 4.72 Å². The topological polar surface area (TPSA) is 84.5 Å². The SMILES string of the molecule is O=C1NCC(c2ccc(NS(=O)(=O)CCc3ccccc3)cc2)O1. The molecule has 6 nitrogen and oxygen atoms in total. The summed E-state index contributed by atoms with van der Waals surface area (Å²) in [7, 11) is -3.42. The summed E-state index contributed by atoms with van der Waals surface area (Å²) < 4.78 is 32.0. The summed E-state index contributed by atoms with van der Waals surface area (Å²) >= 11 is 0. The molecule has 2 aromatic rings. The fourth-order valence-corrected chi connectivity index (χ4v) is 3.57. The van der Waals surface area contributed by atoms with Crippen LogP contribution < -0.4 is 10.0 Å². The molecule has 24 heavy (non-hydrogen) atoms. The van der Waals surface area contributed by atoms with Crippen molar-refractivity contribution in [2.24, 2.45) is 0 Å². The van der Waals surface area contributed by atoms with Crippen LogP contribution in [0.15, 0.2) is 54.6 Å². The van der Waals surface area contributed by atoms with Crippen molar-refractivity contribution < 1.29 is 17.9 Å². The highest BCUT2D eigenvalue weighted by molar-refractivity contribution is 7.92. The second kappa shape index (κ2) is 6.92. The highest BCUT2D eigenvalue weighted by Crippen LogP contribution is 2.22. The van der Waals surface area contributed by atoms with Crippen molar-refractivity contribution >= 4 is 21.8 Å². The Labute approximate surface area is 140 Å². The van der Waals surface area contributed by atoms with Crippen LogP contribution in [0.1, 0.15) is 17.2 Å². The molecule has 1 fully saturated rings. The Morgan fingerprint density at radius 3 is 2.42 bits per heavy atom. The Hall–Kier alpha value is -2.54. The Morgan fingerprint density at radius 2 is 1.79 bits per heavy atom. The number of anilines is 1. The number of alkyl carbamates (subject to hydrolysis) is 1. The van der Waals surface area contributed by atoms with E-state index in [1.807, 2.05) is 30.3 Å². The summed E-state index contributed by atoms with van der Waals surface area (Å²) in [4.78, 5) is 11.0. The van der Waals surface area contributed by atoms with Gasteiger partial charge in [-0.2, -0.15) is 0 Å². The maximum absolute atomic E-state index is 12.2. The zero-order valence-corrected chi connectivity index (χ0v) is 13.8. The molecule has 1 amide bonds. The van der Waals surface area contributed by atoms with E-state index >= 15 is 0 Å². The molecule has 2 N–H and O–H groups in total. The van der Waals surface area contributed by atoms with Crippen LogP contribution in [0.4, 0.5) is 10.5 Å². The summed E-state index contributed by atoms with van der Waals surface area (Å²) in [6, 6.07) is 16.3. The molecule has 1 saturated heterocycles. The lowest BCUT2D eigenvalue weighted by atomic mass is 10.1. The van der Waals surface area contributed by atoms with E-state index in [4.69, 9.17) is 4.74 Å².